The van der Waals surface area contributed by atoms with Gasteiger partial charge < -0.3 is 19.5 Å². The van der Waals surface area contributed by atoms with Gasteiger partial charge in [-0.05, 0) is 59.4 Å². The maximum absolute atomic E-state index is 12.5. The molecule has 8 nitrogen and oxygen atoms in total. The normalized spacial score (nSPS) is 15.9. The van der Waals surface area contributed by atoms with Crippen LogP contribution in [0.2, 0.25) is 0 Å². The Labute approximate surface area is 247 Å². The number of piperazine rings is 1. The molecule has 0 saturated carbocycles. The van der Waals surface area contributed by atoms with E-state index in [1.54, 1.807) is 0 Å². The number of aryl methyl sites for hydroxylation is 1. The van der Waals surface area contributed by atoms with Crippen LogP contribution in [0, 0.1) is 6.92 Å². The first-order valence-electron chi connectivity index (χ1n) is 14.8. The number of methoxy groups -OCH3 is 1. The second kappa shape index (κ2) is 12.7. The van der Waals surface area contributed by atoms with E-state index in [-0.39, 0.29) is 5.97 Å². The quantitative estimate of drug-likeness (QED) is 0.321. The van der Waals surface area contributed by atoms with Crippen LogP contribution in [0.25, 0.3) is 28.1 Å². The molecule has 6 rings (SSSR count). The van der Waals surface area contributed by atoms with Gasteiger partial charge in [0.15, 0.2) is 0 Å². The van der Waals surface area contributed by atoms with Crippen LogP contribution in [0.3, 0.4) is 0 Å². The third-order valence-corrected chi connectivity index (χ3v) is 8.25. The number of esters is 1. The van der Waals surface area contributed by atoms with E-state index >= 15 is 0 Å². The van der Waals surface area contributed by atoms with Gasteiger partial charge in [-0.1, -0.05) is 65.3 Å². The molecule has 3 aromatic carbocycles. The molecule has 1 saturated heterocycles. The van der Waals surface area contributed by atoms with Gasteiger partial charge in [0.2, 0.25) is 5.82 Å². The Morgan fingerprint density at radius 3 is 2.50 bits per heavy atom. The molecule has 0 atom stereocenters. The molecule has 1 aromatic heterocycles. The summed E-state index contributed by atoms with van der Waals surface area (Å²) in [4.78, 5) is 21.9. The zero-order chi connectivity index (χ0) is 28.9. The van der Waals surface area contributed by atoms with Gasteiger partial charge in [0, 0.05) is 44.7 Å². The van der Waals surface area contributed by atoms with Crippen molar-refractivity contribution in [1.29, 1.82) is 0 Å². The Morgan fingerprint density at radius 2 is 1.76 bits per heavy atom. The van der Waals surface area contributed by atoms with E-state index < -0.39 is 0 Å². The lowest BCUT2D eigenvalue weighted by atomic mass is 9.91. The van der Waals surface area contributed by atoms with Crippen molar-refractivity contribution < 1.29 is 19.4 Å². The molecule has 2 aliphatic heterocycles. The molecule has 0 bridgehead atoms. The van der Waals surface area contributed by atoms with Crippen molar-refractivity contribution in [2.24, 2.45) is 0 Å². The molecule has 1 fully saturated rings. The Bertz CT molecular complexity index is 1570. The predicted molar refractivity (Wildman–Crippen MR) is 164 cm³/mol. The van der Waals surface area contributed by atoms with E-state index in [1.807, 2.05) is 24.3 Å². The Morgan fingerprint density at radius 1 is 0.976 bits per heavy atom. The number of hydrogen-bond donors (Lipinski definition) is 1. The van der Waals surface area contributed by atoms with Gasteiger partial charge in [0.25, 0.3) is 0 Å². The summed E-state index contributed by atoms with van der Waals surface area (Å²) >= 11 is 0. The number of hydrogen-bond acceptors (Lipinski definition) is 7. The SMILES string of the molecule is COC(=O)c1ccc(-c2ccc(-c3noc(N4CCN(CCc5cccc(C)c5)CC4)n3)cc2)cc1C1=CC[NH2+]CC1. The molecule has 0 amide bonds. The van der Waals surface area contributed by atoms with Crippen molar-refractivity contribution in [1.82, 2.24) is 15.0 Å². The highest BCUT2D eigenvalue weighted by molar-refractivity contribution is 5.96. The van der Waals surface area contributed by atoms with E-state index in [9.17, 15) is 4.79 Å². The van der Waals surface area contributed by atoms with Gasteiger partial charge in [-0.2, -0.15) is 4.98 Å². The maximum atomic E-state index is 12.5. The van der Waals surface area contributed by atoms with Gasteiger partial charge in [-0.15, -0.1) is 0 Å². The highest BCUT2D eigenvalue weighted by atomic mass is 16.5. The number of anilines is 1. The van der Waals surface area contributed by atoms with Crippen molar-refractivity contribution in [3.05, 3.63) is 95.1 Å². The summed E-state index contributed by atoms with van der Waals surface area (Å²) in [6.07, 6.45) is 4.20. The topological polar surface area (TPSA) is 88.3 Å². The molecule has 42 heavy (non-hydrogen) atoms. The molecule has 2 N–H and O–H groups in total. The van der Waals surface area contributed by atoms with Gasteiger partial charge in [-0.3, -0.25) is 4.90 Å². The minimum absolute atomic E-state index is 0.307. The lowest BCUT2D eigenvalue weighted by Gasteiger charge is -2.33. The zero-order valence-electron chi connectivity index (χ0n) is 24.4. The summed E-state index contributed by atoms with van der Waals surface area (Å²) < 4.78 is 10.7. The third kappa shape index (κ3) is 6.30. The zero-order valence-corrected chi connectivity index (χ0v) is 24.4. The molecule has 4 aromatic rings. The standard InChI is InChI=1S/C34H37N5O3/c1-24-4-3-5-25(22-24)14-17-38-18-20-39(21-19-38)34-36-32(37-42-34)28-8-6-26(7-9-28)29-10-11-30(33(40)41-2)31(23-29)27-12-15-35-16-13-27/h3-12,22-23,35H,13-21H2,1-2H3/p+1. The van der Waals surface area contributed by atoms with Gasteiger partial charge >= 0.3 is 12.0 Å². The molecule has 0 unspecified atom stereocenters. The number of rotatable bonds is 8. The number of quaternary nitrogens is 1. The average molecular weight is 565 g/mol. The number of ether oxygens (including phenoxy) is 1. The minimum atomic E-state index is -0.307. The van der Waals surface area contributed by atoms with E-state index in [0.717, 1.165) is 80.9 Å². The Balaban J connectivity index is 1.10. The fraction of sp³-hybridized carbons (Fsp3) is 0.324. The van der Waals surface area contributed by atoms with Crippen molar-refractivity contribution >= 4 is 17.6 Å². The minimum Gasteiger partial charge on any atom is -0.465 e. The maximum Gasteiger partial charge on any atom is 0.338 e. The molecule has 2 aliphatic rings. The number of nitrogens with zero attached hydrogens (tertiary/aromatic N) is 4. The highest BCUT2D eigenvalue weighted by Gasteiger charge is 2.22. The lowest BCUT2D eigenvalue weighted by Crippen LogP contribution is -2.84. The first-order valence-corrected chi connectivity index (χ1v) is 14.8. The van der Waals surface area contributed by atoms with Crippen molar-refractivity contribution in [2.45, 2.75) is 19.8 Å². The summed E-state index contributed by atoms with van der Waals surface area (Å²) in [6, 6.07) is 23.5. The fourth-order valence-electron chi connectivity index (χ4n) is 5.82. The number of carbonyl (C=O) groups excluding carboxylic acids is 1. The van der Waals surface area contributed by atoms with Crippen LogP contribution in [0.15, 0.2) is 77.3 Å². The van der Waals surface area contributed by atoms with Crippen LogP contribution in [0.1, 0.15) is 33.5 Å². The molecular weight excluding hydrogens is 526 g/mol. The van der Waals surface area contributed by atoms with Crippen molar-refractivity contribution in [3.8, 4) is 22.5 Å². The summed E-state index contributed by atoms with van der Waals surface area (Å²) in [5.74, 6) is 0.280. The molecular formula is C34H38N5O3+. The predicted octanol–water partition coefficient (Wildman–Crippen LogP) is 4.21. The van der Waals surface area contributed by atoms with E-state index in [2.05, 4.69) is 75.7 Å². The molecule has 8 heteroatoms. The fourth-order valence-corrected chi connectivity index (χ4v) is 5.82. The van der Waals surface area contributed by atoms with E-state index in [0.29, 0.717) is 17.4 Å². The summed E-state index contributed by atoms with van der Waals surface area (Å²) in [5.41, 5.74) is 8.48. The van der Waals surface area contributed by atoms with Crippen LogP contribution < -0.4 is 10.2 Å². The smallest absolute Gasteiger partial charge is 0.338 e. The van der Waals surface area contributed by atoms with Crippen LogP contribution in [-0.4, -0.2) is 73.9 Å². The summed E-state index contributed by atoms with van der Waals surface area (Å²) in [5, 5.41) is 6.54. The van der Waals surface area contributed by atoms with Gasteiger partial charge in [0.05, 0.1) is 25.8 Å². The third-order valence-electron chi connectivity index (χ3n) is 8.25. The Hall–Kier alpha value is -4.27. The van der Waals surface area contributed by atoms with Gasteiger partial charge in [0.1, 0.15) is 0 Å². The van der Waals surface area contributed by atoms with Gasteiger partial charge in [-0.25, -0.2) is 4.79 Å². The monoisotopic (exact) mass is 564 g/mol. The number of aromatic nitrogens is 2. The lowest BCUT2D eigenvalue weighted by molar-refractivity contribution is -0.646. The van der Waals surface area contributed by atoms with Crippen molar-refractivity contribution in [2.75, 3.05) is 57.8 Å². The van der Waals surface area contributed by atoms with Crippen LogP contribution in [0.4, 0.5) is 6.01 Å². The summed E-state index contributed by atoms with van der Waals surface area (Å²) in [6.45, 7) is 8.83. The first-order chi connectivity index (χ1) is 20.6. The second-order valence-electron chi connectivity index (χ2n) is 11.1. The van der Waals surface area contributed by atoms with Crippen LogP contribution >= 0.6 is 0 Å². The number of carbonyl (C=O) groups is 1. The molecule has 0 spiro atoms. The first kappa shape index (κ1) is 27.9. The largest absolute Gasteiger partial charge is 0.465 e. The Kier molecular flexibility index (Phi) is 8.44. The molecule has 0 aliphatic carbocycles. The molecule has 216 valence electrons. The van der Waals surface area contributed by atoms with E-state index in [1.165, 1.54) is 23.8 Å². The highest BCUT2D eigenvalue weighted by Crippen LogP contribution is 2.31. The number of nitrogens with two attached hydrogens (primary N) is 1. The van der Waals surface area contributed by atoms with E-state index in [4.69, 9.17) is 14.2 Å². The number of benzene rings is 3. The molecule has 0 radical (unpaired) electrons. The van der Waals surface area contributed by atoms with Crippen molar-refractivity contribution in [3.63, 3.8) is 0 Å². The molecule has 3 heterocycles. The average Bonchev–Trinajstić information content (AvgIpc) is 3.54. The summed E-state index contributed by atoms with van der Waals surface area (Å²) in [7, 11) is 1.43. The van der Waals surface area contributed by atoms with Crippen LogP contribution in [0.5, 0.6) is 0 Å². The van der Waals surface area contributed by atoms with Crippen LogP contribution in [-0.2, 0) is 11.2 Å². The second-order valence-corrected chi connectivity index (χ2v) is 11.1.